The summed E-state index contributed by atoms with van der Waals surface area (Å²) in [6.45, 7) is 3.89. The molecule has 0 spiro atoms. The van der Waals surface area contributed by atoms with Crippen LogP contribution >= 0.6 is 0 Å². The molecule has 180 valence electrons. The number of fused-ring (bicyclic) bond motifs is 2. The van der Waals surface area contributed by atoms with Crippen LogP contribution in [0, 0.1) is 35.5 Å². The molecule has 0 aromatic heterocycles. The van der Waals surface area contributed by atoms with Gasteiger partial charge in [-0.05, 0) is 69.1 Å². The Bertz CT molecular complexity index is 642. The Kier molecular flexibility index (Phi) is 11.1. The van der Waals surface area contributed by atoms with E-state index in [1.54, 1.807) is 0 Å². The van der Waals surface area contributed by atoms with Gasteiger partial charge in [-0.3, -0.25) is 4.79 Å². The maximum absolute atomic E-state index is 10.6. The molecule has 1 saturated carbocycles. The minimum absolute atomic E-state index is 0.256. The molecule has 2 aliphatic heterocycles. The SMILES string of the molecule is CC(C#CCCCOCC[C@@H]1[C@@H](C/C=C\CCCC(=O)O)[C@H]2CC[C@@H]1O2)CCCC1CC1. The lowest BCUT2D eigenvalue weighted by molar-refractivity contribution is -0.137. The van der Waals surface area contributed by atoms with Crippen molar-refractivity contribution < 1.29 is 19.4 Å². The van der Waals surface area contributed by atoms with Gasteiger partial charge < -0.3 is 14.6 Å². The highest BCUT2D eigenvalue weighted by Gasteiger charge is 2.47. The van der Waals surface area contributed by atoms with Crippen LogP contribution in [0.4, 0.5) is 0 Å². The van der Waals surface area contributed by atoms with Crippen molar-refractivity contribution in [3.63, 3.8) is 0 Å². The van der Waals surface area contributed by atoms with Crippen LogP contribution in [0.5, 0.6) is 0 Å². The standard InChI is InChI=1S/C28H44O4/c1-22(11-9-12-23-15-16-23)10-5-4-8-20-31-21-19-25-24(26-17-18-27(25)32-26)13-6-2-3-7-14-28(29)30/h2,6,22-27H,3-4,7-9,11-21H2,1H3,(H,29,30)/b6-2-/t22?,24-,25-,26-,27+/m1/s1. The van der Waals surface area contributed by atoms with Crippen molar-refractivity contribution >= 4 is 5.97 Å². The summed E-state index contributed by atoms with van der Waals surface area (Å²) in [5.41, 5.74) is 0. The van der Waals surface area contributed by atoms with Crippen LogP contribution in [0.25, 0.3) is 0 Å². The van der Waals surface area contributed by atoms with E-state index in [4.69, 9.17) is 14.6 Å². The third-order valence-electron chi connectivity index (χ3n) is 7.41. The van der Waals surface area contributed by atoms with Gasteiger partial charge >= 0.3 is 5.97 Å². The number of allylic oxidation sites excluding steroid dienone is 2. The highest BCUT2D eigenvalue weighted by atomic mass is 16.5. The maximum atomic E-state index is 10.6. The van der Waals surface area contributed by atoms with Crippen molar-refractivity contribution in [3.8, 4) is 11.8 Å². The Morgan fingerprint density at radius 1 is 1.06 bits per heavy atom. The Labute approximate surface area is 195 Å². The number of ether oxygens (including phenoxy) is 2. The van der Waals surface area contributed by atoms with E-state index >= 15 is 0 Å². The van der Waals surface area contributed by atoms with Gasteiger partial charge in [0.15, 0.2) is 0 Å². The molecule has 2 bridgehead atoms. The van der Waals surface area contributed by atoms with Crippen molar-refractivity contribution in [2.24, 2.45) is 23.7 Å². The summed E-state index contributed by atoms with van der Waals surface area (Å²) in [6, 6.07) is 0. The second-order valence-corrected chi connectivity index (χ2v) is 10.2. The topological polar surface area (TPSA) is 55.8 Å². The van der Waals surface area contributed by atoms with Crippen LogP contribution in [0.3, 0.4) is 0 Å². The van der Waals surface area contributed by atoms with Crippen molar-refractivity contribution in [1.82, 2.24) is 0 Å². The van der Waals surface area contributed by atoms with Gasteiger partial charge in [0.25, 0.3) is 0 Å². The minimum Gasteiger partial charge on any atom is -0.481 e. The van der Waals surface area contributed by atoms with Crippen LogP contribution < -0.4 is 0 Å². The summed E-state index contributed by atoms with van der Waals surface area (Å²) in [6.07, 6.45) is 20.5. The largest absolute Gasteiger partial charge is 0.481 e. The number of carboxylic acid groups (broad SMARTS) is 1. The molecule has 32 heavy (non-hydrogen) atoms. The van der Waals surface area contributed by atoms with Crippen LogP contribution in [0.1, 0.15) is 96.8 Å². The number of carboxylic acids is 1. The molecule has 2 saturated heterocycles. The van der Waals surface area contributed by atoms with Gasteiger partial charge in [0.2, 0.25) is 0 Å². The first-order valence-corrected chi connectivity index (χ1v) is 13.2. The lowest BCUT2D eigenvalue weighted by Crippen LogP contribution is -2.28. The quantitative estimate of drug-likeness (QED) is 0.170. The first-order chi connectivity index (χ1) is 15.6. The molecule has 4 heteroatoms. The zero-order valence-corrected chi connectivity index (χ0v) is 20.1. The molecule has 0 amide bonds. The van der Waals surface area contributed by atoms with Gasteiger partial charge in [0, 0.05) is 32.0 Å². The fraction of sp³-hybridized carbons (Fsp3) is 0.821. The molecule has 5 atom stereocenters. The van der Waals surface area contributed by atoms with Crippen LogP contribution in [0.2, 0.25) is 0 Å². The molecule has 3 aliphatic rings. The zero-order valence-electron chi connectivity index (χ0n) is 20.1. The van der Waals surface area contributed by atoms with Gasteiger partial charge in [-0.2, -0.15) is 0 Å². The summed E-state index contributed by atoms with van der Waals surface area (Å²) < 4.78 is 12.1. The molecule has 4 nitrogen and oxygen atoms in total. The monoisotopic (exact) mass is 444 g/mol. The molecule has 2 heterocycles. The molecule has 1 unspecified atom stereocenters. The van der Waals surface area contributed by atoms with Crippen LogP contribution in [0.15, 0.2) is 12.2 Å². The molecule has 0 radical (unpaired) electrons. The summed E-state index contributed by atoms with van der Waals surface area (Å²) in [5.74, 6) is 8.85. The van der Waals surface area contributed by atoms with E-state index in [9.17, 15) is 4.79 Å². The summed E-state index contributed by atoms with van der Waals surface area (Å²) in [5, 5.41) is 8.72. The molecule has 1 N–H and O–H groups in total. The fourth-order valence-electron chi connectivity index (χ4n) is 5.36. The van der Waals surface area contributed by atoms with Crippen LogP contribution in [-0.4, -0.2) is 36.5 Å². The van der Waals surface area contributed by atoms with Gasteiger partial charge in [-0.1, -0.05) is 44.8 Å². The summed E-state index contributed by atoms with van der Waals surface area (Å²) in [4.78, 5) is 10.6. The van der Waals surface area contributed by atoms with Crippen molar-refractivity contribution in [1.29, 1.82) is 0 Å². The third kappa shape index (κ3) is 9.28. The Morgan fingerprint density at radius 3 is 2.66 bits per heavy atom. The molecule has 3 rings (SSSR count). The predicted molar refractivity (Wildman–Crippen MR) is 128 cm³/mol. The van der Waals surface area contributed by atoms with Crippen molar-refractivity contribution in [2.45, 2.75) is 109 Å². The van der Waals surface area contributed by atoms with E-state index in [-0.39, 0.29) is 6.42 Å². The average molecular weight is 445 g/mol. The molecule has 1 aliphatic carbocycles. The van der Waals surface area contributed by atoms with Crippen molar-refractivity contribution in [2.75, 3.05) is 13.2 Å². The summed E-state index contributed by atoms with van der Waals surface area (Å²) in [7, 11) is 0. The van der Waals surface area contributed by atoms with Gasteiger partial charge in [-0.25, -0.2) is 0 Å². The molecular formula is C28H44O4. The first kappa shape index (κ1) is 25.3. The Hall–Kier alpha value is -1.31. The van der Waals surface area contributed by atoms with Crippen LogP contribution in [-0.2, 0) is 14.3 Å². The van der Waals surface area contributed by atoms with E-state index in [2.05, 4.69) is 30.9 Å². The molecule has 3 fully saturated rings. The second-order valence-electron chi connectivity index (χ2n) is 10.2. The van der Waals surface area contributed by atoms with Gasteiger partial charge in [0.1, 0.15) is 0 Å². The lowest BCUT2D eigenvalue weighted by Gasteiger charge is -2.27. The predicted octanol–water partition coefficient (Wildman–Crippen LogP) is 6.39. The second kappa shape index (κ2) is 14.1. The smallest absolute Gasteiger partial charge is 0.303 e. The van der Waals surface area contributed by atoms with Crippen molar-refractivity contribution in [3.05, 3.63) is 12.2 Å². The fourth-order valence-corrected chi connectivity index (χ4v) is 5.36. The molecule has 0 aromatic carbocycles. The normalized spacial score (nSPS) is 27.5. The molecule has 0 aromatic rings. The first-order valence-electron chi connectivity index (χ1n) is 13.2. The van der Waals surface area contributed by atoms with E-state index in [1.807, 2.05) is 0 Å². The Balaban J connectivity index is 1.22. The molecular weight excluding hydrogens is 400 g/mol. The third-order valence-corrected chi connectivity index (χ3v) is 7.41. The van der Waals surface area contributed by atoms with Gasteiger partial charge in [0.05, 0.1) is 12.2 Å². The number of rotatable bonds is 16. The Morgan fingerprint density at radius 2 is 1.88 bits per heavy atom. The zero-order chi connectivity index (χ0) is 22.6. The summed E-state index contributed by atoms with van der Waals surface area (Å²) >= 11 is 0. The van der Waals surface area contributed by atoms with E-state index < -0.39 is 5.97 Å². The maximum Gasteiger partial charge on any atom is 0.303 e. The number of hydrogen-bond donors (Lipinski definition) is 1. The van der Waals surface area contributed by atoms with E-state index in [0.29, 0.717) is 30.0 Å². The number of hydrogen-bond acceptors (Lipinski definition) is 3. The minimum atomic E-state index is -0.708. The number of carbonyl (C=O) groups is 1. The highest BCUT2D eigenvalue weighted by Crippen LogP contribution is 2.46. The number of aliphatic carboxylic acids is 1. The van der Waals surface area contributed by atoms with E-state index in [1.165, 1.54) is 44.9 Å². The number of unbranched alkanes of at least 4 members (excludes halogenated alkanes) is 2. The lowest BCUT2D eigenvalue weighted by atomic mass is 9.76. The average Bonchev–Trinajstić information content (AvgIpc) is 3.37. The van der Waals surface area contributed by atoms with Gasteiger partial charge in [-0.15, -0.1) is 11.8 Å². The highest BCUT2D eigenvalue weighted by molar-refractivity contribution is 5.66. The van der Waals surface area contributed by atoms with E-state index in [0.717, 1.165) is 57.7 Å².